The third-order valence-electron chi connectivity index (χ3n) is 5.73. The van der Waals surface area contributed by atoms with E-state index in [0.717, 1.165) is 32.4 Å². The smallest absolute Gasteiger partial charge is 0.228 e. The number of aryl methyl sites for hydroxylation is 1. The second kappa shape index (κ2) is 8.53. The average Bonchev–Trinajstić information content (AvgIpc) is 3.20. The predicted octanol–water partition coefficient (Wildman–Crippen LogP) is 3.78. The monoisotopic (exact) mass is 423 g/mol. The molecule has 0 saturated carbocycles. The van der Waals surface area contributed by atoms with Gasteiger partial charge in [-0.15, -0.1) is 0 Å². The van der Waals surface area contributed by atoms with Crippen molar-refractivity contribution in [3.8, 4) is 17.0 Å². The summed E-state index contributed by atoms with van der Waals surface area (Å²) in [6.45, 7) is 1.07. The summed E-state index contributed by atoms with van der Waals surface area (Å²) in [5.41, 5.74) is 8.25. The van der Waals surface area contributed by atoms with Crippen LogP contribution >= 0.6 is 11.8 Å². The molecule has 1 aromatic heterocycles. The van der Waals surface area contributed by atoms with Crippen molar-refractivity contribution in [2.45, 2.75) is 28.0 Å². The van der Waals surface area contributed by atoms with E-state index in [9.17, 15) is 4.79 Å². The lowest BCUT2D eigenvalue weighted by Crippen LogP contribution is -2.45. The first-order chi connectivity index (χ1) is 14.5. The van der Waals surface area contributed by atoms with E-state index < -0.39 is 5.41 Å². The molecule has 1 saturated heterocycles. The summed E-state index contributed by atoms with van der Waals surface area (Å²) < 4.78 is 12.9. The maximum atomic E-state index is 12.4. The van der Waals surface area contributed by atoms with Gasteiger partial charge in [0.15, 0.2) is 0 Å². The minimum absolute atomic E-state index is 0.299. The molecule has 1 aliphatic heterocycles. The molecule has 2 heterocycles. The summed E-state index contributed by atoms with van der Waals surface area (Å²) in [7, 11) is 3.59. The van der Waals surface area contributed by atoms with Gasteiger partial charge in [0.2, 0.25) is 5.91 Å². The van der Waals surface area contributed by atoms with Crippen molar-refractivity contribution in [3.63, 3.8) is 0 Å². The lowest BCUT2D eigenvalue weighted by Gasteiger charge is -2.35. The van der Waals surface area contributed by atoms with E-state index in [-0.39, 0.29) is 5.91 Å². The molecule has 30 heavy (non-hydrogen) atoms. The molecule has 1 aliphatic rings. The van der Waals surface area contributed by atoms with Gasteiger partial charge in [0.1, 0.15) is 5.75 Å². The van der Waals surface area contributed by atoms with Crippen LogP contribution in [-0.4, -0.2) is 36.0 Å². The van der Waals surface area contributed by atoms with Gasteiger partial charge < -0.3 is 15.2 Å². The first-order valence-corrected chi connectivity index (χ1v) is 10.7. The molecule has 2 N–H and O–H groups in total. The van der Waals surface area contributed by atoms with Crippen LogP contribution in [-0.2, 0) is 22.0 Å². The first-order valence-electron chi connectivity index (χ1n) is 9.86. The zero-order valence-corrected chi connectivity index (χ0v) is 17.9. The Morgan fingerprint density at radius 2 is 1.90 bits per heavy atom. The van der Waals surface area contributed by atoms with Gasteiger partial charge in [0, 0.05) is 31.4 Å². The van der Waals surface area contributed by atoms with Gasteiger partial charge in [-0.2, -0.15) is 5.10 Å². The van der Waals surface area contributed by atoms with Crippen LogP contribution in [0.4, 0.5) is 0 Å². The number of benzene rings is 2. The van der Waals surface area contributed by atoms with Crippen molar-refractivity contribution in [1.82, 2.24) is 9.78 Å². The molecule has 0 radical (unpaired) electrons. The van der Waals surface area contributed by atoms with Crippen molar-refractivity contribution in [2.24, 2.45) is 12.8 Å². The predicted molar refractivity (Wildman–Crippen MR) is 117 cm³/mol. The Bertz CT molecular complexity index is 1040. The van der Waals surface area contributed by atoms with E-state index in [2.05, 4.69) is 29.4 Å². The third-order valence-corrected chi connectivity index (χ3v) is 6.78. The molecule has 3 aromatic rings. The average molecular weight is 424 g/mol. The maximum Gasteiger partial charge on any atom is 0.228 e. The largest absolute Gasteiger partial charge is 0.496 e. The molecule has 4 rings (SSSR count). The Morgan fingerprint density at radius 3 is 2.50 bits per heavy atom. The number of primary amides is 1. The number of methoxy groups -OCH3 is 1. The fraction of sp³-hybridized carbons (Fsp3) is 0.304. The molecule has 6 nitrogen and oxygen atoms in total. The standard InChI is InChI=1S/C23H25N3O3S/c1-26-19(9-12-25-26)16-3-6-18(7-4-16)30-21-15-17(5-8-20(21)28-2)23(22(24)27)10-13-29-14-11-23/h3-9,12,15H,10-11,13-14H2,1-2H3,(H2,24,27). The lowest BCUT2D eigenvalue weighted by molar-refractivity contribution is -0.127. The molecule has 0 unspecified atom stereocenters. The summed E-state index contributed by atoms with van der Waals surface area (Å²) in [6, 6.07) is 16.2. The zero-order chi connectivity index (χ0) is 21.1. The van der Waals surface area contributed by atoms with Crippen LogP contribution in [0.25, 0.3) is 11.3 Å². The number of carbonyl (C=O) groups excluding carboxylic acids is 1. The Kier molecular flexibility index (Phi) is 5.83. The van der Waals surface area contributed by atoms with Crippen molar-refractivity contribution in [3.05, 3.63) is 60.3 Å². The summed E-state index contributed by atoms with van der Waals surface area (Å²) in [5.74, 6) is 0.471. The van der Waals surface area contributed by atoms with E-state index in [0.29, 0.717) is 26.1 Å². The summed E-state index contributed by atoms with van der Waals surface area (Å²) in [4.78, 5) is 14.4. The van der Waals surface area contributed by atoms with Gasteiger partial charge in [-0.3, -0.25) is 9.48 Å². The topological polar surface area (TPSA) is 79.4 Å². The van der Waals surface area contributed by atoms with Gasteiger partial charge >= 0.3 is 0 Å². The number of ether oxygens (including phenoxy) is 2. The van der Waals surface area contributed by atoms with E-state index >= 15 is 0 Å². The van der Waals surface area contributed by atoms with Crippen LogP contribution in [0.15, 0.2) is 64.5 Å². The summed E-state index contributed by atoms with van der Waals surface area (Å²) in [5, 5.41) is 4.23. The fourth-order valence-corrected chi connectivity index (χ4v) is 4.89. The van der Waals surface area contributed by atoms with E-state index in [4.69, 9.17) is 15.2 Å². The SMILES string of the molecule is COc1ccc(C2(C(N)=O)CCOCC2)cc1Sc1ccc(-c2ccnn2C)cc1. The molecule has 2 aromatic carbocycles. The van der Waals surface area contributed by atoms with E-state index in [1.165, 1.54) is 0 Å². The minimum atomic E-state index is -0.691. The van der Waals surface area contributed by atoms with Gasteiger partial charge in [-0.05, 0) is 54.3 Å². The molecule has 0 aliphatic carbocycles. The molecule has 0 atom stereocenters. The molecule has 7 heteroatoms. The van der Waals surface area contributed by atoms with Crippen molar-refractivity contribution >= 4 is 17.7 Å². The Balaban J connectivity index is 1.64. The molecule has 1 fully saturated rings. The van der Waals surface area contributed by atoms with Crippen molar-refractivity contribution in [1.29, 1.82) is 0 Å². The molecule has 0 spiro atoms. The zero-order valence-electron chi connectivity index (χ0n) is 17.1. The molecule has 156 valence electrons. The van der Waals surface area contributed by atoms with E-state index in [1.54, 1.807) is 25.1 Å². The Morgan fingerprint density at radius 1 is 1.17 bits per heavy atom. The minimum Gasteiger partial charge on any atom is -0.496 e. The van der Waals surface area contributed by atoms with Gasteiger partial charge in [-0.25, -0.2) is 0 Å². The second-order valence-electron chi connectivity index (χ2n) is 7.39. The third kappa shape index (κ3) is 3.82. The van der Waals surface area contributed by atoms with Gasteiger partial charge in [-0.1, -0.05) is 30.0 Å². The van der Waals surface area contributed by atoms with Crippen LogP contribution < -0.4 is 10.5 Å². The highest BCUT2D eigenvalue weighted by atomic mass is 32.2. The fourth-order valence-electron chi connectivity index (χ4n) is 3.93. The molecule has 1 amide bonds. The lowest BCUT2D eigenvalue weighted by atomic mass is 9.73. The van der Waals surface area contributed by atoms with Crippen LogP contribution in [0.5, 0.6) is 5.75 Å². The molecular weight excluding hydrogens is 398 g/mol. The van der Waals surface area contributed by atoms with Crippen LogP contribution in [0.3, 0.4) is 0 Å². The molecular formula is C23H25N3O3S. The van der Waals surface area contributed by atoms with Gasteiger partial charge in [0.05, 0.1) is 23.1 Å². The Hall–Kier alpha value is -2.77. The number of nitrogens with zero attached hydrogens (tertiary/aromatic N) is 2. The highest BCUT2D eigenvalue weighted by molar-refractivity contribution is 7.99. The van der Waals surface area contributed by atoms with Crippen LogP contribution in [0, 0.1) is 0 Å². The van der Waals surface area contributed by atoms with E-state index in [1.807, 2.05) is 36.0 Å². The normalized spacial score (nSPS) is 15.7. The second-order valence-corrected chi connectivity index (χ2v) is 8.51. The highest BCUT2D eigenvalue weighted by Gasteiger charge is 2.40. The number of aromatic nitrogens is 2. The number of carbonyl (C=O) groups is 1. The summed E-state index contributed by atoms with van der Waals surface area (Å²) in [6.07, 6.45) is 2.98. The quantitative estimate of drug-likeness (QED) is 0.653. The maximum absolute atomic E-state index is 12.4. The number of rotatable bonds is 6. The summed E-state index contributed by atoms with van der Waals surface area (Å²) >= 11 is 1.61. The van der Waals surface area contributed by atoms with Crippen molar-refractivity contribution < 1.29 is 14.3 Å². The van der Waals surface area contributed by atoms with Crippen LogP contribution in [0.1, 0.15) is 18.4 Å². The number of amides is 1. The number of hydrogen-bond donors (Lipinski definition) is 1. The van der Waals surface area contributed by atoms with Crippen LogP contribution in [0.2, 0.25) is 0 Å². The number of nitrogens with two attached hydrogens (primary N) is 1. The molecule has 0 bridgehead atoms. The Labute approximate surface area is 180 Å². The number of hydrogen-bond acceptors (Lipinski definition) is 5. The van der Waals surface area contributed by atoms with Gasteiger partial charge in [0.25, 0.3) is 0 Å². The highest BCUT2D eigenvalue weighted by Crippen LogP contribution is 2.41. The van der Waals surface area contributed by atoms with Crippen molar-refractivity contribution in [2.75, 3.05) is 20.3 Å². The first kappa shape index (κ1) is 20.5.